The van der Waals surface area contributed by atoms with Crippen molar-refractivity contribution < 1.29 is 22.7 Å². The van der Waals surface area contributed by atoms with Crippen LogP contribution < -0.4 is 0 Å². The monoisotopic (exact) mass is 265 g/mol. The Balaban J connectivity index is 3.11. The molecule has 0 atom stereocenters. The molecule has 18 heavy (non-hydrogen) atoms. The van der Waals surface area contributed by atoms with Gasteiger partial charge >= 0.3 is 12.1 Å². The zero-order valence-corrected chi connectivity index (χ0v) is 10.1. The number of alkyl halides is 3. The molecule has 0 spiro atoms. The van der Waals surface area contributed by atoms with Gasteiger partial charge in [0.05, 0.1) is 6.61 Å². The van der Waals surface area contributed by atoms with E-state index in [1.807, 2.05) is 6.92 Å². The van der Waals surface area contributed by atoms with Crippen molar-refractivity contribution in [2.75, 3.05) is 6.61 Å². The second-order valence-electron chi connectivity index (χ2n) is 3.58. The van der Waals surface area contributed by atoms with E-state index in [4.69, 9.17) is 0 Å². The largest absolute Gasteiger partial charge is 0.461 e. The van der Waals surface area contributed by atoms with Gasteiger partial charge in [0.15, 0.2) is 5.69 Å². The van der Waals surface area contributed by atoms with E-state index in [-0.39, 0.29) is 13.2 Å². The number of carbonyl (C=O) groups excluding carboxylic acids is 1. The molecule has 0 saturated heterocycles. The molecule has 1 rings (SSSR count). The maximum absolute atomic E-state index is 12.9. The van der Waals surface area contributed by atoms with Gasteiger partial charge in [-0.2, -0.15) is 13.2 Å². The number of rotatable bonds is 5. The normalized spacial score (nSPS) is 11.6. The number of hydrogen-bond acceptors (Lipinski definition) is 4. The third-order valence-electron chi connectivity index (χ3n) is 2.20. The van der Waals surface area contributed by atoms with Gasteiger partial charge in [-0.05, 0) is 13.3 Å². The number of carbonyl (C=O) groups is 1. The first-order valence-corrected chi connectivity index (χ1v) is 5.59. The highest BCUT2D eigenvalue weighted by molar-refractivity contribution is 5.88. The van der Waals surface area contributed by atoms with Crippen molar-refractivity contribution in [3.8, 4) is 0 Å². The maximum atomic E-state index is 12.9. The summed E-state index contributed by atoms with van der Waals surface area (Å²) in [6.07, 6.45) is -3.44. The average Bonchev–Trinajstić information content (AvgIpc) is 2.70. The van der Waals surface area contributed by atoms with Crippen LogP contribution in [0.2, 0.25) is 0 Å². The first-order valence-electron chi connectivity index (χ1n) is 5.59. The van der Waals surface area contributed by atoms with E-state index in [0.717, 1.165) is 0 Å². The van der Waals surface area contributed by atoms with Crippen molar-refractivity contribution in [1.82, 2.24) is 15.0 Å². The third kappa shape index (κ3) is 3.21. The summed E-state index contributed by atoms with van der Waals surface area (Å²) >= 11 is 0. The topological polar surface area (TPSA) is 57.0 Å². The summed E-state index contributed by atoms with van der Waals surface area (Å²) in [4.78, 5) is 11.4. The second kappa shape index (κ2) is 5.83. The highest BCUT2D eigenvalue weighted by atomic mass is 19.4. The summed E-state index contributed by atoms with van der Waals surface area (Å²) in [6, 6.07) is 0. The minimum atomic E-state index is -4.68. The summed E-state index contributed by atoms with van der Waals surface area (Å²) < 4.78 is 43.8. The number of hydrogen-bond donors (Lipinski definition) is 0. The number of nitrogens with zero attached hydrogens (tertiary/aromatic N) is 3. The number of halogens is 3. The first kappa shape index (κ1) is 14.5. The molecule has 0 fully saturated rings. The van der Waals surface area contributed by atoms with Gasteiger partial charge in [0.1, 0.15) is 0 Å². The molecule has 5 nitrogen and oxygen atoms in total. The fourth-order valence-corrected chi connectivity index (χ4v) is 1.39. The molecule has 0 radical (unpaired) electrons. The van der Waals surface area contributed by atoms with Crippen LogP contribution in [0.3, 0.4) is 0 Å². The molecule has 8 heteroatoms. The van der Waals surface area contributed by atoms with E-state index in [1.165, 1.54) is 6.92 Å². The molecule has 0 amide bonds. The number of aromatic nitrogens is 3. The molecule has 0 aliphatic rings. The molecule has 0 N–H and O–H groups in total. The van der Waals surface area contributed by atoms with Crippen LogP contribution >= 0.6 is 0 Å². The zero-order chi connectivity index (χ0) is 13.8. The van der Waals surface area contributed by atoms with Crippen LogP contribution in [-0.4, -0.2) is 27.6 Å². The van der Waals surface area contributed by atoms with E-state index >= 15 is 0 Å². The Morgan fingerprint density at radius 3 is 2.56 bits per heavy atom. The average molecular weight is 265 g/mol. The minimum Gasteiger partial charge on any atom is -0.461 e. The van der Waals surface area contributed by atoms with Gasteiger partial charge in [-0.25, -0.2) is 9.48 Å². The molecule has 1 aromatic heterocycles. The Hall–Kier alpha value is -1.60. The maximum Gasteiger partial charge on any atom is 0.435 e. The van der Waals surface area contributed by atoms with Gasteiger partial charge in [-0.15, -0.1) is 5.10 Å². The summed E-state index contributed by atoms with van der Waals surface area (Å²) in [7, 11) is 0. The standard InChI is InChI=1S/C10H14F3N3O2/c1-3-5-6-16-8(10(11,12)13)7(14-15-16)9(17)18-4-2/h3-6H2,1-2H3. The van der Waals surface area contributed by atoms with Gasteiger partial charge in [-0.3, -0.25) is 0 Å². The van der Waals surface area contributed by atoms with E-state index in [2.05, 4.69) is 15.0 Å². The predicted octanol–water partition coefficient (Wildman–Crippen LogP) is 2.27. The molecule has 102 valence electrons. The Kier molecular flexibility index (Phi) is 4.69. The number of esters is 1. The summed E-state index contributed by atoms with van der Waals surface area (Å²) in [5.41, 5.74) is -1.92. The van der Waals surface area contributed by atoms with Crippen LogP contribution in [0.15, 0.2) is 0 Å². The molecule has 1 aromatic rings. The number of ether oxygens (including phenoxy) is 1. The Morgan fingerprint density at radius 2 is 2.06 bits per heavy atom. The molecule has 0 aliphatic heterocycles. The van der Waals surface area contributed by atoms with E-state index < -0.39 is 23.5 Å². The van der Waals surface area contributed by atoms with Gasteiger partial charge in [0, 0.05) is 6.54 Å². The quantitative estimate of drug-likeness (QED) is 0.766. The smallest absolute Gasteiger partial charge is 0.435 e. The lowest BCUT2D eigenvalue weighted by Gasteiger charge is -2.10. The SMILES string of the molecule is CCCCn1nnc(C(=O)OCC)c1C(F)(F)F. The highest BCUT2D eigenvalue weighted by Gasteiger charge is 2.41. The summed E-state index contributed by atoms with van der Waals surface area (Å²) in [5.74, 6) is -1.10. The van der Waals surface area contributed by atoms with Crippen LogP contribution in [0.1, 0.15) is 42.9 Å². The minimum absolute atomic E-state index is 0.0159. The van der Waals surface area contributed by atoms with E-state index in [0.29, 0.717) is 17.5 Å². The number of unbranched alkanes of at least 4 members (excludes halogenated alkanes) is 1. The molecule has 0 aromatic carbocycles. The molecule has 0 unspecified atom stereocenters. The fourth-order valence-electron chi connectivity index (χ4n) is 1.39. The molecular formula is C10H14F3N3O2. The lowest BCUT2D eigenvalue weighted by Crippen LogP contribution is -2.19. The molecule has 0 bridgehead atoms. The lowest BCUT2D eigenvalue weighted by atomic mass is 10.3. The second-order valence-corrected chi connectivity index (χ2v) is 3.58. The summed E-state index contributed by atoms with van der Waals surface area (Å²) in [5, 5.41) is 6.64. The molecule has 1 heterocycles. The Labute approximate surface area is 102 Å². The van der Waals surface area contributed by atoms with Crippen molar-refractivity contribution >= 4 is 5.97 Å². The van der Waals surface area contributed by atoms with Crippen molar-refractivity contribution in [3.05, 3.63) is 11.4 Å². The van der Waals surface area contributed by atoms with Crippen molar-refractivity contribution in [1.29, 1.82) is 0 Å². The van der Waals surface area contributed by atoms with Crippen molar-refractivity contribution in [2.24, 2.45) is 0 Å². The lowest BCUT2D eigenvalue weighted by molar-refractivity contribution is -0.144. The number of aryl methyl sites for hydroxylation is 1. The van der Waals surface area contributed by atoms with E-state index in [1.54, 1.807) is 0 Å². The van der Waals surface area contributed by atoms with Crippen LogP contribution in [0.25, 0.3) is 0 Å². The van der Waals surface area contributed by atoms with Gasteiger partial charge in [-0.1, -0.05) is 18.6 Å². The Bertz CT molecular complexity index is 415. The van der Waals surface area contributed by atoms with Crippen LogP contribution in [0.5, 0.6) is 0 Å². The van der Waals surface area contributed by atoms with E-state index in [9.17, 15) is 18.0 Å². The highest BCUT2D eigenvalue weighted by Crippen LogP contribution is 2.31. The van der Waals surface area contributed by atoms with Gasteiger partial charge in [0.25, 0.3) is 0 Å². The molecule has 0 saturated carbocycles. The van der Waals surface area contributed by atoms with Gasteiger partial charge in [0.2, 0.25) is 5.69 Å². The third-order valence-corrected chi connectivity index (χ3v) is 2.20. The first-order chi connectivity index (χ1) is 8.41. The molecule has 0 aliphatic carbocycles. The van der Waals surface area contributed by atoms with Crippen LogP contribution in [-0.2, 0) is 17.5 Å². The fraction of sp³-hybridized carbons (Fsp3) is 0.700. The van der Waals surface area contributed by atoms with Crippen LogP contribution in [0, 0.1) is 0 Å². The molecular weight excluding hydrogens is 251 g/mol. The van der Waals surface area contributed by atoms with Crippen molar-refractivity contribution in [3.63, 3.8) is 0 Å². The van der Waals surface area contributed by atoms with Gasteiger partial charge < -0.3 is 4.74 Å². The van der Waals surface area contributed by atoms with Crippen molar-refractivity contribution in [2.45, 2.75) is 39.4 Å². The zero-order valence-electron chi connectivity index (χ0n) is 10.1. The summed E-state index contributed by atoms with van der Waals surface area (Å²) in [6.45, 7) is 3.40. The van der Waals surface area contributed by atoms with Crippen LogP contribution in [0.4, 0.5) is 13.2 Å². The predicted molar refractivity (Wildman–Crippen MR) is 55.9 cm³/mol. The Morgan fingerprint density at radius 1 is 1.39 bits per heavy atom.